The number of ether oxygens (including phenoxy) is 1. The third-order valence-electron chi connectivity index (χ3n) is 4.40. The van der Waals surface area contributed by atoms with Crippen LogP contribution >= 0.6 is 0 Å². The number of hydrogen-bond donors (Lipinski definition) is 2. The van der Waals surface area contributed by atoms with Gasteiger partial charge in [0.15, 0.2) is 0 Å². The van der Waals surface area contributed by atoms with Crippen molar-refractivity contribution in [2.24, 2.45) is 0 Å². The van der Waals surface area contributed by atoms with Crippen molar-refractivity contribution < 1.29 is 24.2 Å². The van der Waals surface area contributed by atoms with E-state index in [2.05, 4.69) is 5.32 Å². The monoisotopic (exact) mass is 332 g/mol. The lowest BCUT2D eigenvalue weighted by atomic mass is 10.1. The van der Waals surface area contributed by atoms with E-state index in [1.807, 2.05) is 0 Å². The number of nitrogens with one attached hydrogen (secondary N) is 1. The van der Waals surface area contributed by atoms with Crippen molar-refractivity contribution >= 4 is 23.5 Å². The van der Waals surface area contributed by atoms with Crippen molar-refractivity contribution in [1.29, 1.82) is 0 Å². The summed E-state index contributed by atoms with van der Waals surface area (Å²) >= 11 is 0. The van der Waals surface area contributed by atoms with E-state index in [4.69, 9.17) is 4.74 Å². The number of likely N-dealkylation sites (tertiary alicyclic amines) is 1. The molecule has 0 saturated carbocycles. The van der Waals surface area contributed by atoms with Gasteiger partial charge in [-0.1, -0.05) is 6.07 Å². The molecule has 3 rings (SSSR count). The Labute approximate surface area is 139 Å². The number of aliphatic carboxylic acids is 1. The van der Waals surface area contributed by atoms with Crippen LogP contribution in [0.3, 0.4) is 0 Å². The normalized spacial score (nSPS) is 23.2. The number of carboxylic acid groups (broad SMARTS) is 1. The standard InChI is InChI=1S/C17H20N2O5/c20-15(14-7-3-9-24-14)18-12-5-1-4-11(10-12)16(21)19-8-2-6-13(19)17(22)23/h1,4-5,10,13-14H,2-3,6-9H2,(H,18,20)(H,22,23). The van der Waals surface area contributed by atoms with Crippen LogP contribution in [0.4, 0.5) is 5.69 Å². The zero-order valence-electron chi connectivity index (χ0n) is 13.2. The summed E-state index contributed by atoms with van der Waals surface area (Å²) in [4.78, 5) is 37.3. The fraction of sp³-hybridized carbons (Fsp3) is 0.471. The molecule has 2 aliphatic heterocycles. The van der Waals surface area contributed by atoms with Crippen LogP contribution in [0.25, 0.3) is 0 Å². The lowest BCUT2D eigenvalue weighted by Gasteiger charge is -2.21. The molecule has 128 valence electrons. The molecule has 1 aromatic rings. The summed E-state index contributed by atoms with van der Waals surface area (Å²) in [5.41, 5.74) is 0.876. The molecule has 0 spiro atoms. The van der Waals surface area contributed by atoms with Gasteiger partial charge in [-0.2, -0.15) is 0 Å². The van der Waals surface area contributed by atoms with Gasteiger partial charge in [-0.15, -0.1) is 0 Å². The first-order valence-corrected chi connectivity index (χ1v) is 8.12. The quantitative estimate of drug-likeness (QED) is 0.871. The fourth-order valence-electron chi connectivity index (χ4n) is 3.17. The zero-order valence-corrected chi connectivity index (χ0v) is 13.2. The van der Waals surface area contributed by atoms with Crippen LogP contribution in [0.1, 0.15) is 36.0 Å². The summed E-state index contributed by atoms with van der Waals surface area (Å²) < 4.78 is 5.33. The summed E-state index contributed by atoms with van der Waals surface area (Å²) in [6.45, 7) is 1.02. The second-order valence-corrected chi connectivity index (χ2v) is 6.07. The van der Waals surface area contributed by atoms with E-state index in [-0.39, 0.29) is 11.8 Å². The molecule has 0 aromatic heterocycles. The Morgan fingerprint density at radius 2 is 2.04 bits per heavy atom. The minimum absolute atomic E-state index is 0.221. The molecule has 0 aliphatic carbocycles. The van der Waals surface area contributed by atoms with Gasteiger partial charge in [-0.25, -0.2) is 4.79 Å². The third kappa shape index (κ3) is 3.41. The van der Waals surface area contributed by atoms with E-state index in [1.54, 1.807) is 24.3 Å². The second-order valence-electron chi connectivity index (χ2n) is 6.07. The van der Waals surface area contributed by atoms with E-state index in [1.165, 1.54) is 4.90 Å². The highest BCUT2D eigenvalue weighted by Gasteiger charge is 2.34. The second kappa shape index (κ2) is 7.00. The fourth-order valence-corrected chi connectivity index (χ4v) is 3.17. The number of nitrogens with zero attached hydrogens (tertiary/aromatic N) is 1. The van der Waals surface area contributed by atoms with Crippen LogP contribution in [-0.2, 0) is 14.3 Å². The van der Waals surface area contributed by atoms with Gasteiger partial charge < -0.3 is 20.1 Å². The maximum absolute atomic E-state index is 12.6. The average molecular weight is 332 g/mol. The first-order valence-electron chi connectivity index (χ1n) is 8.12. The number of carbonyl (C=O) groups excluding carboxylic acids is 2. The predicted molar refractivity (Wildman–Crippen MR) is 85.7 cm³/mol. The number of carbonyl (C=O) groups is 3. The van der Waals surface area contributed by atoms with Crippen molar-refractivity contribution in [2.75, 3.05) is 18.5 Å². The van der Waals surface area contributed by atoms with Crippen molar-refractivity contribution in [3.8, 4) is 0 Å². The highest BCUT2D eigenvalue weighted by Crippen LogP contribution is 2.22. The Morgan fingerprint density at radius 3 is 2.75 bits per heavy atom. The molecule has 7 nitrogen and oxygen atoms in total. The van der Waals surface area contributed by atoms with E-state index < -0.39 is 18.1 Å². The molecule has 2 amide bonds. The van der Waals surface area contributed by atoms with Gasteiger partial charge in [-0.05, 0) is 43.9 Å². The molecule has 2 unspecified atom stereocenters. The molecule has 1 aromatic carbocycles. The molecule has 24 heavy (non-hydrogen) atoms. The zero-order chi connectivity index (χ0) is 17.1. The lowest BCUT2D eigenvalue weighted by molar-refractivity contribution is -0.141. The van der Waals surface area contributed by atoms with Gasteiger partial charge in [0.1, 0.15) is 12.1 Å². The molecule has 2 saturated heterocycles. The average Bonchev–Trinajstić information content (AvgIpc) is 3.25. The first-order chi connectivity index (χ1) is 11.6. The number of carboxylic acids is 1. The number of rotatable bonds is 4. The smallest absolute Gasteiger partial charge is 0.326 e. The van der Waals surface area contributed by atoms with Crippen LogP contribution in [-0.4, -0.2) is 53.1 Å². The molecule has 2 N–H and O–H groups in total. The first kappa shape index (κ1) is 16.4. The molecule has 0 bridgehead atoms. The minimum atomic E-state index is -0.983. The number of hydrogen-bond acceptors (Lipinski definition) is 4. The van der Waals surface area contributed by atoms with E-state index in [0.29, 0.717) is 43.7 Å². The van der Waals surface area contributed by atoms with E-state index in [0.717, 1.165) is 6.42 Å². The van der Waals surface area contributed by atoms with Gasteiger partial charge in [0.05, 0.1) is 0 Å². The molecule has 2 heterocycles. The van der Waals surface area contributed by atoms with Crippen molar-refractivity contribution in [1.82, 2.24) is 4.90 Å². The summed E-state index contributed by atoms with van der Waals surface area (Å²) in [5.74, 6) is -1.53. The number of amides is 2. The van der Waals surface area contributed by atoms with E-state index in [9.17, 15) is 19.5 Å². The largest absolute Gasteiger partial charge is 0.480 e. The van der Waals surface area contributed by atoms with Crippen molar-refractivity contribution in [3.63, 3.8) is 0 Å². The molecule has 2 aliphatic rings. The Hall–Kier alpha value is -2.41. The molecule has 2 atom stereocenters. The van der Waals surface area contributed by atoms with E-state index >= 15 is 0 Å². The van der Waals surface area contributed by atoms with Crippen LogP contribution < -0.4 is 5.32 Å². The molecular weight excluding hydrogens is 312 g/mol. The molecule has 0 radical (unpaired) electrons. The summed E-state index contributed by atoms with van der Waals surface area (Å²) in [6.07, 6.45) is 2.26. The highest BCUT2D eigenvalue weighted by atomic mass is 16.5. The predicted octanol–water partition coefficient (Wildman–Crippen LogP) is 1.49. The van der Waals surface area contributed by atoms with Gasteiger partial charge in [0.2, 0.25) is 0 Å². The Morgan fingerprint density at radius 1 is 1.21 bits per heavy atom. The summed E-state index contributed by atoms with van der Waals surface area (Å²) in [7, 11) is 0. The van der Waals surface area contributed by atoms with Gasteiger partial charge in [0.25, 0.3) is 11.8 Å². The summed E-state index contributed by atoms with van der Waals surface area (Å²) in [6, 6.07) is 5.79. The third-order valence-corrected chi connectivity index (χ3v) is 4.40. The van der Waals surface area contributed by atoms with Gasteiger partial charge in [-0.3, -0.25) is 9.59 Å². The Kier molecular flexibility index (Phi) is 4.80. The molecule has 2 fully saturated rings. The Balaban J connectivity index is 1.71. The maximum atomic E-state index is 12.6. The van der Waals surface area contributed by atoms with Gasteiger partial charge in [0, 0.05) is 24.4 Å². The Bertz CT molecular complexity index is 654. The SMILES string of the molecule is O=C(Nc1cccc(C(=O)N2CCCC2C(=O)O)c1)C1CCCO1. The van der Waals surface area contributed by atoms with Crippen molar-refractivity contribution in [3.05, 3.63) is 29.8 Å². The van der Waals surface area contributed by atoms with Crippen molar-refractivity contribution in [2.45, 2.75) is 37.8 Å². The minimum Gasteiger partial charge on any atom is -0.480 e. The highest BCUT2D eigenvalue weighted by molar-refractivity contribution is 5.99. The van der Waals surface area contributed by atoms with Crippen LogP contribution in [0.15, 0.2) is 24.3 Å². The van der Waals surface area contributed by atoms with Crippen LogP contribution in [0.2, 0.25) is 0 Å². The van der Waals surface area contributed by atoms with Gasteiger partial charge >= 0.3 is 5.97 Å². The summed E-state index contributed by atoms with van der Waals surface area (Å²) in [5, 5.41) is 12.0. The maximum Gasteiger partial charge on any atom is 0.326 e. The van der Waals surface area contributed by atoms with Crippen LogP contribution in [0, 0.1) is 0 Å². The van der Waals surface area contributed by atoms with Crippen LogP contribution in [0.5, 0.6) is 0 Å². The molecule has 7 heteroatoms. The lowest BCUT2D eigenvalue weighted by Crippen LogP contribution is -2.40. The number of anilines is 1. The molecular formula is C17H20N2O5. The topological polar surface area (TPSA) is 95.9 Å². The number of benzene rings is 1.